The van der Waals surface area contributed by atoms with Crippen molar-refractivity contribution in [2.45, 2.75) is 19.3 Å². The van der Waals surface area contributed by atoms with Gasteiger partial charge in [-0.05, 0) is 113 Å². The van der Waals surface area contributed by atoms with Crippen LogP contribution in [0.4, 0.5) is 0 Å². The van der Waals surface area contributed by atoms with Gasteiger partial charge in [0.15, 0.2) is 0 Å². The second kappa shape index (κ2) is 9.94. The van der Waals surface area contributed by atoms with Crippen molar-refractivity contribution in [2.75, 3.05) is 0 Å². The van der Waals surface area contributed by atoms with Crippen LogP contribution in [-0.2, 0) is 5.41 Å². The quantitative estimate of drug-likeness (QED) is 0.170. The Kier molecular flexibility index (Phi) is 5.51. The van der Waals surface area contributed by atoms with Gasteiger partial charge < -0.3 is 4.57 Å². The van der Waals surface area contributed by atoms with Crippen LogP contribution >= 0.6 is 0 Å². The van der Waals surface area contributed by atoms with Crippen LogP contribution in [-0.4, -0.2) is 4.57 Å². The van der Waals surface area contributed by atoms with Crippen molar-refractivity contribution in [1.29, 1.82) is 0 Å². The molecule has 0 bridgehead atoms. The SMILES string of the molecule is CC1(C)c2ccccc2-c2cc3c(cc21)c1cc(-c2ccc4ccc5c(-c6ccccc6)ccc6ccc2c4c65)ccc1n3-c1ccccc1. The summed E-state index contributed by atoms with van der Waals surface area (Å²) in [7, 11) is 0. The van der Waals surface area contributed by atoms with Gasteiger partial charge in [-0.15, -0.1) is 0 Å². The molecule has 1 heterocycles. The molecule has 1 heteroatoms. The van der Waals surface area contributed by atoms with Gasteiger partial charge in [-0.3, -0.25) is 0 Å². The summed E-state index contributed by atoms with van der Waals surface area (Å²) in [5.74, 6) is 0. The minimum Gasteiger partial charge on any atom is -0.309 e. The summed E-state index contributed by atoms with van der Waals surface area (Å²) < 4.78 is 2.46. The molecule has 1 aliphatic rings. The number of hydrogen-bond acceptors (Lipinski definition) is 0. The van der Waals surface area contributed by atoms with Gasteiger partial charge in [0.2, 0.25) is 0 Å². The smallest absolute Gasteiger partial charge is 0.0547 e. The molecule has 11 rings (SSSR count). The summed E-state index contributed by atoms with van der Waals surface area (Å²) in [6, 6.07) is 61.1. The average molecular weight is 636 g/mol. The Morgan fingerprint density at radius 3 is 1.70 bits per heavy atom. The standard InChI is InChI=1S/C49H33N/c1-49(2)43-16-10-9-15-37(43)40-29-46-42(28-44(40)49)41-27-33(21-26-45(41)50(46)34-13-7-4-8-14-34)36-23-18-32-19-24-38-35(30-11-5-3-6-12-30)22-17-31-20-25-39(36)48(32)47(31)38/h3-29H,1-2H3. The molecule has 0 atom stereocenters. The molecule has 9 aromatic carbocycles. The van der Waals surface area contributed by atoms with Gasteiger partial charge in [0.25, 0.3) is 0 Å². The first-order valence-electron chi connectivity index (χ1n) is 17.6. The highest BCUT2D eigenvalue weighted by Crippen LogP contribution is 2.51. The minimum absolute atomic E-state index is 0.0659. The van der Waals surface area contributed by atoms with Crippen molar-refractivity contribution in [2.24, 2.45) is 0 Å². The molecular formula is C49H33N. The molecule has 0 unspecified atom stereocenters. The zero-order chi connectivity index (χ0) is 33.1. The first-order valence-corrected chi connectivity index (χ1v) is 17.6. The number of aromatic nitrogens is 1. The zero-order valence-corrected chi connectivity index (χ0v) is 28.0. The van der Waals surface area contributed by atoms with E-state index < -0.39 is 0 Å². The highest BCUT2D eigenvalue weighted by atomic mass is 15.0. The third-order valence-electron chi connectivity index (χ3n) is 11.5. The summed E-state index contributed by atoms with van der Waals surface area (Å²) in [5.41, 5.74) is 14.2. The summed E-state index contributed by atoms with van der Waals surface area (Å²) in [5, 5.41) is 10.5. The fraction of sp³-hybridized carbons (Fsp3) is 0.0612. The Morgan fingerprint density at radius 2 is 0.980 bits per heavy atom. The Morgan fingerprint density at radius 1 is 0.380 bits per heavy atom. The number of hydrogen-bond donors (Lipinski definition) is 0. The largest absolute Gasteiger partial charge is 0.309 e. The van der Waals surface area contributed by atoms with Gasteiger partial charge in [0.1, 0.15) is 0 Å². The van der Waals surface area contributed by atoms with Crippen LogP contribution in [0.5, 0.6) is 0 Å². The molecular weight excluding hydrogens is 603 g/mol. The molecule has 0 radical (unpaired) electrons. The van der Waals surface area contributed by atoms with Gasteiger partial charge in [0.05, 0.1) is 11.0 Å². The van der Waals surface area contributed by atoms with Crippen molar-refractivity contribution < 1.29 is 0 Å². The van der Waals surface area contributed by atoms with E-state index in [1.165, 1.54) is 104 Å². The van der Waals surface area contributed by atoms with E-state index in [9.17, 15) is 0 Å². The summed E-state index contributed by atoms with van der Waals surface area (Å²) >= 11 is 0. The normalized spacial score (nSPS) is 13.6. The molecule has 0 saturated carbocycles. The maximum absolute atomic E-state index is 2.49. The molecule has 0 saturated heterocycles. The van der Waals surface area contributed by atoms with Crippen LogP contribution in [0.25, 0.3) is 93.2 Å². The molecule has 0 amide bonds. The number of benzene rings is 9. The molecule has 10 aromatic rings. The second-order valence-electron chi connectivity index (χ2n) is 14.5. The molecule has 0 spiro atoms. The van der Waals surface area contributed by atoms with Crippen LogP contribution in [0.3, 0.4) is 0 Å². The first kappa shape index (κ1) is 27.7. The van der Waals surface area contributed by atoms with Crippen molar-refractivity contribution in [3.63, 3.8) is 0 Å². The highest BCUT2D eigenvalue weighted by Gasteiger charge is 2.36. The fourth-order valence-corrected chi connectivity index (χ4v) is 9.16. The lowest BCUT2D eigenvalue weighted by atomic mass is 9.82. The number of para-hydroxylation sites is 1. The molecule has 0 N–H and O–H groups in total. The van der Waals surface area contributed by atoms with Crippen molar-refractivity contribution in [3.8, 4) is 39.1 Å². The van der Waals surface area contributed by atoms with Gasteiger partial charge in [-0.1, -0.05) is 141 Å². The lowest BCUT2D eigenvalue weighted by Gasteiger charge is -2.21. The van der Waals surface area contributed by atoms with Gasteiger partial charge in [0, 0.05) is 21.9 Å². The van der Waals surface area contributed by atoms with E-state index in [0.717, 1.165) is 0 Å². The fourth-order valence-electron chi connectivity index (χ4n) is 9.16. The van der Waals surface area contributed by atoms with E-state index in [4.69, 9.17) is 0 Å². The zero-order valence-electron chi connectivity index (χ0n) is 28.0. The summed E-state index contributed by atoms with van der Waals surface area (Å²) in [6.07, 6.45) is 0. The Labute approximate surface area is 291 Å². The van der Waals surface area contributed by atoms with Gasteiger partial charge in [-0.2, -0.15) is 0 Å². The minimum atomic E-state index is -0.0659. The van der Waals surface area contributed by atoms with E-state index in [1.54, 1.807) is 0 Å². The molecule has 1 aliphatic carbocycles. The van der Waals surface area contributed by atoms with Crippen LogP contribution < -0.4 is 0 Å². The van der Waals surface area contributed by atoms with Gasteiger partial charge >= 0.3 is 0 Å². The third-order valence-corrected chi connectivity index (χ3v) is 11.5. The van der Waals surface area contributed by atoms with E-state index in [2.05, 4.69) is 182 Å². The van der Waals surface area contributed by atoms with Crippen LogP contribution in [0.1, 0.15) is 25.0 Å². The van der Waals surface area contributed by atoms with Crippen LogP contribution in [0.15, 0.2) is 164 Å². The monoisotopic (exact) mass is 635 g/mol. The third kappa shape index (κ3) is 3.67. The van der Waals surface area contributed by atoms with E-state index >= 15 is 0 Å². The number of fused-ring (bicyclic) bond motifs is 6. The van der Waals surface area contributed by atoms with E-state index in [0.29, 0.717) is 0 Å². The molecule has 1 aromatic heterocycles. The highest BCUT2D eigenvalue weighted by molar-refractivity contribution is 6.28. The number of nitrogens with zero attached hydrogens (tertiary/aromatic N) is 1. The predicted molar refractivity (Wildman–Crippen MR) is 213 cm³/mol. The summed E-state index contributed by atoms with van der Waals surface area (Å²) in [4.78, 5) is 0. The van der Waals surface area contributed by atoms with E-state index in [1.807, 2.05) is 0 Å². The van der Waals surface area contributed by atoms with Crippen LogP contribution in [0, 0.1) is 0 Å². The Balaban J connectivity index is 1.19. The predicted octanol–water partition coefficient (Wildman–Crippen LogP) is 13.3. The molecule has 50 heavy (non-hydrogen) atoms. The molecule has 1 nitrogen and oxygen atoms in total. The van der Waals surface area contributed by atoms with Crippen molar-refractivity contribution in [3.05, 3.63) is 175 Å². The lowest BCUT2D eigenvalue weighted by molar-refractivity contribution is 0.661. The maximum atomic E-state index is 2.49. The summed E-state index contributed by atoms with van der Waals surface area (Å²) in [6.45, 7) is 4.75. The van der Waals surface area contributed by atoms with Crippen LogP contribution in [0.2, 0.25) is 0 Å². The number of rotatable bonds is 3. The van der Waals surface area contributed by atoms with Crippen molar-refractivity contribution >= 4 is 54.1 Å². The van der Waals surface area contributed by atoms with Gasteiger partial charge in [-0.25, -0.2) is 0 Å². The first-order chi connectivity index (χ1) is 24.6. The topological polar surface area (TPSA) is 4.93 Å². The Hall–Kier alpha value is -6.18. The average Bonchev–Trinajstić information content (AvgIpc) is 3.61. The van der Waals surface area contributed by atoms with Crippen molar-refractivity contribution in [1.82, 2.24) is 4.57 Å². The molecule has 0 aliphatic heterocycles. The lowest BCUT2D eigenvalue weighted by Crippen LogP contribution is -2.14. The maximum Gasteiger partial charge on any atom is 0.0547 e. The molecule has 234 valence electrons. The second-order valence-corrected chi connectivity index (χ2v) is 14.5. The van der Waals surface area contributed by atoms with E-state index in [-0.39, 0.29) is 5.41 Å². The molecule has 0 fully saturated rings. The Bertz CT molecular complexity index is 2980.